The second-order valence-corrected chi connectivity index (χ2v) is 6.43. The molecular weight excluding hydrogens is 309 g/mol. The van der Waals surface area contributed by atoms with Crippen LogP contribution >= 0.6 is 0 Å². The second kappa shape index (κ2) is 7.25. The van der Waals surface area contributed by atoms with Crippen LogP contribution in [0.3, 0.4) is 0 Å². The van der Waals surface area contributed by atoms with E-state index in [0.29, 0.717) is 5.69 Å². The van der Waals surface area contributed by atoms with Crippen molar-refractivity contribution >= 4 is 17.6 Å². The zero-order chi connectivity index (χ0) is 17.7. The summed E-state index contributed by atoms with van der Waals surface area (Å²) in [7, 11) is 0. The van der Waals surface area contributed by atoms with Crippen molar-refractivity contribution in [2.24, 2.45) is 0 Å². The van der Waals surface area contributed by atoms with E-state index in [4.69, 9.17) is 4.74 Å². The SMILES string of the molecule is CC(C)(C)c1ccccc1NC(=O)COC(=O)c1cccc(F)c1. The van der Waals surface area contributed by atoms with Crippen molar-refractivity contribution < 1.29 is 18.7 Å². The summed E-state index contributed by atoms with van der Waals surface area (Å²) in [5.74, 6) is -1.72. The van der Waals surface area contributed by atoms with Crippen molar-refractivity contribution in [1.29, 1.82) is 0 Å². The van der Waals surface area contributed by atoms with Gasteiger partial charge in [0, 0.05) is 5.69 Å². The van der Waals surface area contributed by atoms with Gasteiger partial charge in [-0.2, -0.15) is 0 Å². The normalized spacial score (nSPS) is 11.0. The highest BCUT2D eigenvalue weighted by Gasteiger charge is 2.19. The summed E-state index contributed by atoms with van der Waals surface area (Å²) >= 11 is 0. The minimum absolute atomic E-state index is 0.0675. The molecule has 0 spiro atoms. The largest absolute Gasteiger partial charge is 0.452 e. The number of amides is 1. The molecule has 0 unspecified atom stereocenters. The molecule has 2 aromatic carbocycles. The van der Waals surface area contributed by atoms with Crippen LogP contribution in [0.25, 0.3) is 0 Å². The molecule has 0 bridgehead atoms. The highest BCUT2D eigenvalue weighted by molar-refractivity contribution is 5.96. The molecule has 2 rings (SSSR count). The van der Waals surface area contributed by atoms with Gasteiger partial charge in [0.2, 0.25) is 0 Å². The molecule has 0 radical (unpaired) electrons. The number of benzene rings is 2. The minimum Gasteiger partial charge on any atom is -0.452 e. The maximum absolute atomic E-state index is 13.1. The van der Waals surface area contributed by atoms with Crippen LogP contribution < -0.4 is 5.32 Å². The molecular formula is C19H20FNO3. The summed E-state index contributed by atoms with van der Waals surface area (Å²) in [5, 5.41) is 2.75. The Balaban J connectivity index is 1.98. The lowest BCUT2D eigenvalue weighted by molar-refractivity contribution is -0.119. The van der Waals surface area contributed by atoms with E-state index in [1.807, 2.05) is 39.0 Å². The molecule has 0 atom stereocenters. The van der Waals surface area contributed by atoms with E-state index in [1.165, 1.54) is 18.2 Å². The third-order valence-corrected chi connectivity index (χ3v) is 3.40. The molecule has 1 N–H and O–H groups in total. The Morgan fingerprint density at radius 1 is 1.08 bits per heavy atom. The molecule has 0 aliphatic carbocycles. The smallest absolute Gasteiger partial charge is 0.338 e. The van der Waals surface area contributed by atoms with Crippen LogP contribution in [0.2, 0.25) is 0 Å². The molecule has 0 fully saturated rings. The van der Waals surface area contributed by atoms with E-state index in [1.54, 1.807) is 6.07 Å². The first-order chi connectivity index (χ1) is 11.3. The van der Waals surface area contributed by atoms with Gasteiger partial charge in [0.15, 0.2) is 6.61 Å². The van der Waals surface area contributed by atoms with Crippen LogP contribution in [0.4, 0.5) is 10.1 Å². The zero-order valence-electron chi connectivity index (χ0n) is 13.9. The summed E-state index contributed by atoms with van der Waals surface area (Å²) in [6, 6.07) is 12.6. The summed E-state index contributed by atoms with van der Waals surface area (Å²) < 4.78 is 18.0. The number of carbonyl (C=O) groups excluding carboxylic acids is 2. The lowest BCUT2D eigenvalue weighted by atomic mass is 9.86. The maximum Gasteiger partial charge on any atom is 0.338 e. The van der Waals surface area contributed by atoms with Crippen molar-refractivity contribution in [3.63, 3.8) is 0 Å². The molecule has 1 amide bonds. The van der Waals surface area contributed by atoms with Gasteiger partial charge in [-0.15, -0.1) is 0 Å². The molecule has 0 aliphatic heterocycles. The molecule has 5 heteroatoms. The Bertz CT molecular complexity index is 750. The number of nitrogens with one attached hydrogen (secondary N) is 1. The van der Waals surface area contributed by atoms with Gasteiger partial charge in [-0.1, -0.05) is 45.0 Å². The van der Waals surface area contributed by atoms with Gasteiger partial charge >= 0.3 is 5.97 Å². The van der Waals surface area contributed by atoms with Gasteiger partial charge in [0.05, 0.1) is 5.56 Å². The van der Waals surface area contributed by atoms with Gasteiger partial charge in [-0.25, -0.2) is 9.18 Å². The highest BCUT2D eigenvalue weighted by Crippen LogP contribution is 2.29. The zero-order valence-corrected chi connectivity index (χ0v) is 13.9. The monoisotopic (exact) mass is 329 g/mol. The molecule has 4 nitrogen and oxygen atoms in total. The molecule has 0 aromatic heterocycles. The van der Waals surface area contributed by atoms with Crippen LogP contribution in [-0.2, 0) is 14.9 Å². The van der Waals surface area contributed by atoms with Crippen molar-refractivity contribution in [2.45, 2.75) is 26.2 Å². The standard InChI is InChI=1S/C19H20FNO3/c1-19(2,3)15-9-4-5-10-16(15)21-17(22)12-24-18(23)13-7-6-8-14(20)11-13/h4-11H,12H2,1-3H3,(H,21,22). The maximum atomic E-state index is 13.1. The van der Waals surface area contributed by atoms with Crippen molar-refractivity contribution in [3.05, 3.63) is 65.5 Å². The first kappa shape index (κ1) is 17.7. The van der Waals surface area contributed by atoms with Crippen molar-refractivity contribution in [2.75, 3.05) is 11.9 Å². The molecule has 126 valence electrons. The molecule has 0 saturated heterocycles. The predicted molar refractivity (Wildman–Crippen MR) is 90.5 cm³/mol. The number of anilines is 1. The molecule has 24 heavy (non-hydrogen) atoms. The van der Waals surface area contributed by atoms with Gasteiger partial charge in [-0.05, 0) is 35.2 Å². The average molecular weight is 329 g/mol. The number of esters is 1. The topological polar surface area (TPSA) is 55.4 Å². The lowest BCUT2D eigenvalue weighted by Crippen LogP contribution is -2.23. The fourth-order valence-corrected chi connectivity index (χ4v) is 2.26. The van der Waals surface area contributed by atoms with Gasteiger partial charge in [0.25, 0.3) is 5.91 Å². The Morgan fingerprint density at radius 3 is 2.46 bits per heavy atom. The Labute approximate surface area is 140 Å². The number of hydrogen-bond acceptors (Lipinski definition) is 3. The van der Waals surface area contributed by atoms with Gasteiger partial charge in [-0.3, -0.25) is 4.79 Å². The third kappa shape index (κ3) is 4.65. The van der Waals surface area contributed by atoms with Crippen molar-refractivity contribution in [1.82, 2.24) is 0 Å². The molecule has 2 aromatic rings. The molecule has 0 heterocycles. The Hall–Kier alpha value is -2.69. The van der Waals surface area contributed by atoms with Crippen LogP contribution in [-0.4, -0.2) is 18.5 Å². The number of rotatable bonds is 4. The van der Waals surface area contributed by atoms with E-state index in [2.05, 4.69) is 5.32 Å². The summed E-state index contributed by atoms with van der Waals surface area (Å²) in [5.41, 5.74) is 1.59. The highest BCUT2D eigenvalue weighted by atomic mass is 19.1. The van der Waals surface area contributed by atoms with E-state index >= 15 is 0 Å². The average Bonchev–Trinajstić information content (AvgIpc) is 2.52. The summed E-state index contributed by atoms with van der Waals surface area (Å²) in [4.78, 5) is 23.8. The molecule has 0 aliphatic rings. The second-order valence-electron chi connectivity index (χ2n) is 6.43. The van der Waals surface area contributed by atoms with E-state index in [0.717, 1.165) is 11.6 Å². The number of hydrogen-bond donors (Lipinski definition) is 1. The predicted octanol–water partition coefficient (Wildman–Crippen LogP) is 3.92. The van der Waals surface area contributed by atoms with Crippen LogP contribution in [0.15, 0.2) is 48.5 Å². The van der Waals surface area contributed by atoms with Crippen LogP contribution in [0.1, 0.15) is 36.7 Å². The molecule has 0 saturated carbocycles. The fraction of sp³-hybridized carbons (Fsp3) is 0.263. The fourth-order valence-electron chi connectivity index (χ4n) is 2.26. The van der Waals surface area contributed by atoms with Gasteiger partial charge in [0.1, 0.15) is 5.82 Å². The lowest BCUT2D eigenvalue weighted by Gasteiger charge is -2.22. The van der Waals surface area contributed by atoms with Gasteiger partial charge < -0.3 is 10.1 Å². The third-order valence-electron chi connectivity index (χ3n) is 3.40. The van der Waals surface area contributed by atoms with E-state index < -0.39 is 24.3 Å². The first-order valence-corrected chi connectivity index (χ1v) is 7.59. The summed E-state index contributed by atoms with van der Waals surface area (Å²) in [6.45, 7) is 5.69. The minimum atomic E-state index is -0.742. The number of carbonyl (C=O) groups is 2. The van der Waals surface area contributed by atoms with E-state index in [9.17, 15) is 14.0 Å². The van der Waals surface area contributed by atoms with Crippen molar-refractivity contribution in [3.8, 4) is 0 Å². The van der Waals surface area contributed by atoms with E-state index in [-0.39, 0.29) is 11.0 Å². The summed E-state index contributed by atoms with van der Waals surface area (Å²) in [6.07, 6.45) is 0. The number of para-hydroxylation sites is 1. The Morgan fingerprint density at radius 2 is 1.79 bits per heavy atom. The first-order valence-electron chi connectivity index (χ1n) is 7.59. The number of ether oxygens (including phenoxy) is 1. The van der Waals surface area contributed by atoms with Crippen LogP contribution in [0, 0.1) is 5.82 Å². The Kier molecular flexibility index (Phi) is 5.34. The quantitative estimate of drug-likeness (QED) is 0.865. The number of halogens is 1. The van der Waals surface area contributed by atoms with Crippen LogP contribution in [0.5, 0.6) is 0 Å².